The van der Waals surface area contributed by atoms with Gasteiger partial charge in [-0.25, -0.2) is 0 Å². The van der Waals surface area contributed by atoms with Gasteiger partial charge in [0.15, 0.2) is 0 Å². The first-order valence-electron chi connectivity index (χ1n) is 6.10. The van der Waals surface area contributed by atoms with Gasteiger partial charge in [-0.3, -0.25) is 9.59 Å². The van der Waals surface area contributed by atoms with Crippen molar-refractivity contribution in [2.75, 3.05) is 25.0 Å². The Labute approximate surface area is 118 Å². The van der Waals surface area contributed by atoms with Gasteiger partial charge in [0.2, 0.25) is 5.91 Å². The molecule has 0 bridgehead atoms. The Bertz CT molecular complexity index is 459. The lowest BCUT2D eigenvalue weighted by molar-refractivity contribution is -0.114. The van der Waals surface area contributed by atoms with Crippen LogP contribution >= 0.6 is 12.4 Å². The van der Waals surface area contributed by atoms with E-state index in [2.05, 4.69) is 5.32 Å². The maximum Gasteiger partial charge on any atom is 0.255 e. The Morgan fingerprint density at radius 1 is 1.21 bits per heavy atom. The number of halogens is 1. The van der Waals surface area contributed by atoms with Crippen LogP contribution in [0.4, 0.5) is 5.69 Å². The van der Waals surface area contributed by atoms with Gasteiger partial charge < -0.3 is 16.0 Å². The molecule has 2 rings (SSSR count). The van der Waals surface area contributed by atoms with Gasteiger partial charge in [-0.05, 0) is 25.0 Å². The first-order valence-corrected chi connectivity index (χ1v) is 6.10. The number of hydrogen-bond donors (Lipinski definition) is 2. The van der Waals surface area contributed by atoms with Crippen LogP contribution in [-0.4, -0.2) is 36.3 Å². The van der Waals surface area contributed by atoms with Crippen LogP contribution in [0.1, 0.15) is 23.2 Å². The standard InChI is InChI=1S/C13H17N3O2.ClH/c14-9-12(17)15-11-6-2-1-5-10(11)13(18)16-7-3-4-8-16;/h1-2,5-6H,3-4,7-9,14H2,(H,15,17);1H. The van der Waals surface area contributed by atoms with Crippen molar-refractivity contribution in [3.05, 3.63) is 29.8 Å². The van der Waals surface area contributed by atoms with Crippen molar-refractivity contribution in [3.63, 3.8) is 0 Å². The highest BCUT2D eigenvalue weighted by Gasteiger charge is 2.21. The molecule has 1 fully saturated rings. The average Bonchev–Trinajstić information content (AvgIpc) is 2.92. The van der Waals surface area contributed by atoms with E-state index < -0.39 is 0 Å². The zero-order chi connectivity index (χ0) is 13.0. The van der Waals surface area contributed by atoms with Crippen molar-refractivity contribution in [1.29, 1.82) is 0 Å². The van der Waals surface area contributed by atoms with E-state index in [1.54, 1.807) is 24.3 Å². The molecular formula is C13H18ClN3O2. The number of likely N-dealkylation sites (tertiary alicyclic amines) is 1. The Kier molecular flexibility index (Phi) is 5.79. The zero-order valence-electron chi connectivity index (χ0n) is 10.6. The van der Waals surface area contributed by atoms with Crippen molar-refractivity contribution in [3.8, 4) is 0 Å². The maximum absolute atomic E-state index is 12.3. The summed E-state index contributed by atoms with van der Waals surface area (Å²) in [5.41, 5.74) is 6.32. The van der Waals surface area contributed by atoms with Crippen molar-refractivity contribution >= 4 is 29.9 Å². The molecule has 1 saturated heterocycles. The van der Waals surface area contributed by atoms with E-state index in [0.717, 1.165) is 25.9 Å². The quantitative estimate of drug-likeness (QED) is 0.876. The number of hydrogen-bond acceptors (Lipinski definition) is 3. The number of benzene rings is 1. The minimum absolute atomic E-state index is 0. The van der Waals surface area contributed by atoms with E-state index in [1.165, 1.54) is 0 Å². The lowest BCUT2D eigenvalue weighted by Crippen LogP contribution is -2.29. The molecule has 1 aromatic rings. The second-order valence-corrected chi connectivity index (χ2v) is 4.30. The van der Waals surface area contributed by atoms with Gasteiger partial charge in [-0.1, -0.05) is 12.1 Å². The molecule has 0 aromatic heterocycles. The smallest absolute Gasteiger partial charge is 0.255 e. The van der Waals surface area contributed by atoms with Crippen LogP contribution in [-0.2, 0) is 4.79 Å². The molecule has 1 aliphatic heterocycles. The van der Waals surface area contributed by atoms with Crippen LogP contribution < -0.4 is 11.1 Å². The maximum atomic E-state index is 12.3. The van der Waals surface area contributed by atoms with Gasteiger partial charge in [-0.2, -0.15) is 0 Å². The summed E-state index contributed by atoms with van der Waals surface area (Å²) in [6.07, 6.45) is 2.09. The largest absolute Gasteiger partial charge is 0.339 e. The van der Waals surface area contributed by atoms with Crippen LogP contribution in [0.3, 0.4) is 0 Å². The molecule has 0 unspecified atom stereocenters. The predicted molar refractivity (Wildman–Crippen MR) is 76.5 cm³/mol. The van der Waals surface area contributed by atoms with E-state index in [-0.39, 0.29) is 30.8 Å². The predicted octanol–water partition coefficient (Wildman–Crippen LogP) is 1.24. The van der Waals surface area contributed by atoms with Crippen molar-refractivity contribution < 1.29 is 9.59 Å². The number of rotatable bonds is 3. The number of nitrogens with one attached hydrogen (secondary N) is 1. The molecule has 0 radical (unpaired) electrons. The summed E-state index contributed by atoms with van der Waals surface area (Å²) in [6.45, 7) is 1.49. The number of carbonyl (C=O) groups excluding carboxylic acids is 2. The lowest BCUT2D eigenvalue weighted by atomic mass is 10.1. The number of anilines is 1. The fourth-order valence-electron chi connectivity index (χ4n) is 2.07. The fraction of sp³-hybridized carbons (Fsp3) is 0.385. The minimum atomic E-state index is -0.295. The number of carbonyl (C=O) groups is 2. The minimum Gasteiger partial charge on any atom is -0.339 e. The molecular weight excluding hydrogens is 266 g/mol. The molecule has 1 aliphatic rings. The van der Waals surface area contributed by atoms with Crippen LogP contribution in [0.15, 0.2) is 24.3 Å². The summed E-state index contributed by atoms with van der Waals surface area (Å²) in [5, 5.41) is 2.65. The van der Waals surface area contributed by atoms with Crippen LogP contribution in [0, 0.1) is 0 Å². The third-order valence-corrected chi connectivity index (χ3v) is 3.01. The van der Waals surface area contributed by atoms with E-state index in [9.17, 15) is 9.59 Å². The first kappa shape index (κ1) is 15.5. The van der Waals surface area contributed by atoms with E-state index in [0.29, 0.717) is 11.3 Å². The van der Waals surface area contributed by atoms with E-state index in [1.807, 2.05) is 4.90 Å². The Morgan fingerprint density at radius 3 is 2.47 bits per heavy atom. The van der Waals surface area contributed by atoms with E-state index >= 15 is 0 Å². The van der Waals surface area contributed by atoms with Gasteiger partial charge in [0.25, 0.3) is 5.91 Å². The van der Waals surface area contributed by atoms with Crippen molar-refractivity contribution in [1.82, 2.24) is 4.90 Å². The van der Waals surface area contributed by atoms with Crippen LogP contribution in [0.2, 0.25) is 0 Å². The van der Waals surface area contributed by atoms with Crippen LogP contribution in [0.5, 0.6) is 0 Å². The molecule has 0 spiro atoms. The van der Waals surface area contributed by atoms with Gasteiger partial charge >= 0.3 is 0 Å². The molecule has 0 saturated carbocycles. The Morgan fingerprint density at radius 2 is 1.84 bits per heavy atom. The SMILES string of the molecule is Cl.NCC(=O)Nc1ccccc1C(=O)N1CCCC1. The Balaban J connectivity index is 0.00000180. The normalized spacial score (nSPS) is 13.8. The zero-order valence-corrected chi connectivity index (χ0v) is 11.4. The summed E-state index contributed by atoms with van der Waals surface area (Å²) in [5.74, 6) is -0.322. The second-order valence-electron chi connectivity index (χ2n) is 4.30. The van der Waals surface area contributed by atoms with Gasteiger partial charge in [0.1, 0.15) is 0 Å². The Hall–Kier alpha value is -1.59. The summed E-state index contributed by atoms with van der Waals surface area (Å²) in [6, 6.07) is 7.03. The summed E-state index contributed by atoms with van der Waals surface area (Å²) < 4.78 is 0. The van der Waals surface area contributed by atoms with Gasteiger partial charge in [0.05, 0.1) is 17.8 Å². The van der Waals surface area contributed by atoms with Crippen molar-refractivity contribution in [2.24, 2.45) is 5.73 Å². The third-order valence-electron chi connectivity index (χ3n) is 3.01. The fourth-order valence-corrected chi connectivity index (χ4v) is 2.07. The summed E-state index contributed by atoms with van der Waals surface area (Å²) >= 11 is 0. The highest BCUT2D eigenvalue weighted by molar-refractivity contribution is 6.04. The molecule has 1 heterocycles. The number of nitrogens with two attached hydrogens (primary N) is 1. The summed E-state index contributed by atoms with van der Waals surface area (Å²) in [4.78, 5) is 25.4. The molecule has 104 valence electrons. The molecule has 0 aliphatic carbocycles. The van der Waals surface area contributed by atoms with E-state index in [4.69, 9.17) is 5.73 Å². The number of nitrogens with zero attached hydrogens (tertiary/aromatic N) is 1. The number of para-hydroxylation sites is 1. The highest BCUT2D eigenvalue weighted by atomic mass is 35.5. The second kappa shape index (κ2) is 7.11. The third kappa shape index (κ3) is 3.68. The molecule has 1 aromatic carbocycles. The molecule has 19 heavy (non-hydrogen) atoms. The van der Waals surface area contributed by atoms with Crippen LogP contribution in [0.25, 0.3) is 0 Å². The molecule has 2 amide bonds. The van der Waals surface area contributed by atoms with Crippen molar-refractivity contribution in [2.45, 2.75) is 12.8 Å². The monoisotopic (exact) mass is 283 g/mol. The molecule has 0 atom stereocenters. The first-order chi connectivity index (χ1) is 8.72. The topological polar surface area (TPSA) is 75.4 Å². The van der Waals surface area contributed by atoms with Gasteiger partial charge in [-0.15, -0.1) is 12.4 Å². The van der Waals surface area contributed by atoms with Gasteiger partial charge in [0, 0.05) is 13.1 Å². The highest BCUT2D eigenvalue weighted by Crippen LogP contribution is 2.19. The molecule has 6 heteroatoms. The lowest BCUT2D eigenvalue weighted by Gasteiger charge is -2.17. The molecule has 5 nitrogen and oxygen atoms in total. The average molecular weight is 284 g/mol. The summed E-state index contributed by atoms with van der Waals surface area (Å²) in [7, 11) is 0. The molecule has 3 N–H and O–H groups in total. The number of amides is 2.